The molecule has 8 atom stereocenters. The number of ether oxygens (including phenoxy) is 1. The highest BCUT2D eigenvalue weighted by atomic mass is 16.5. The van der Waals surface area contributed by atoms with Crippen LogP contribution in [-0.4, -0.2) is 34.4 Å². The first kappa shape index (κ1) is 29.4. The summed E-state index contributed by atoms with van der Waals surface area (Å²) >= 11 is 0. The number of carbonyl (C=O) groups excluding carboxylic acids is 1. The molecule has 0 amide bonds. The van der Waals surface area contributed by atoms with Crippen molar-refractivity contribution in [2.75, 3.05) is 0 Å². The van der Waals surface area contributed by atoms with Crippen LogP contribution < -0.4 is 0 Å². The Morgan fingerprint density at radius 1 is 1.05 bits per heavy atom. The summed E-state index contributed by atoms with van der Waals surface area (Å²) in [5, 5.41) is 22.0. The molecule has 0 bridgehead atoms. The van der Waals surface area contributed by atoms with Crippen molar-refractivity contribution in [2.24, 2.45) is 45.3 Å². The number of carboxylic acid groups (broad SMARTS) is 1. The molecule has 2 fully saturated rings. The molecular formula is C33H52O5. The molecule has 0 aromatic carbocycles. The van der Waals surface area contributed by atoms with Crippen molar-refractivity contribution in [3.63, 3.8) is 0 Å². The smallest absolute Gasteiger partial charge is 0.306 e. The van der Waals surface area contributed by atoms with Gasteiger partial charge in [-0.2, -0.15) is 0 Å². The minimum absolute atomic E-state index is 0.0440. The van der Waals surface area contributed by atoms with Gasteiger partial charge < -0.3 is 14.9 Å². The maximum absolute atomic E-state index is 12.6. The number of carboxylic acids is 1. The summed E-state index contributed by atoms with van der Waals surface area (Å²) in [6, 6.07) is 0. The summed E-state index contributed by atoms with van der Waals surface area (Å²) < 4.78 is 5.82. The highest BCUT2D eigenvalue weighted by Crippen LogP contribution is 2.72. The largest absolute Gasteiger partial charge is 0.481 e. The Morgan fingerprint density at radius 3 is 2.29 bits per heavy atom. The van der Waals surface area contributed by atoms with Crippen molar-refractivity contribution < 1.29 is 24.5 Å². The highest BCUT2D eigenvalue weighted by Gasteiger charge is 2.66. The number of carbonyl (C=O) groups is 2. The molecule has 0 saturated heterocycles. The zero-order valence-electron chi connectivity index (χ0n) is 25.2. The van der Waals surface area contributed by atoms with Crippen LogP contribution in [0.25, 0.3) is 0 Å². The summed E-state index contributed by atoms with van der Waals surface area (Å²) in [5.41, 5.74) is 3.62. The number of aliphatic carboxylic acids is 1. The van der Waals surface area contributed by atoms with Gasteiger partial charge in [0.15, 0.2) is 0 Å². The Balaban J connectivity index is 1.69. The van der Waals surface area contributed by atoms with E-state index in [-0.39, 0.29) is 39.7 Å². The van der Waals surface area contributed by atoms with E-state index in [2.05, 4.69) is 55.0 Å². The molecular weight excluding hydrogens is 476 g/mol. The topological polar surface area (TPSA) is 83.8 Å². The molecule has 0 heterocycles. The molecule has 214 valence electrons. The molecule has 5 nitrogen and oxygen atoms in total. The summed E-state index contributed by atoms with van der Waals surface area (Å²) in [6.45, 7) is 21.5. The Labute approximate surface area is 230 Å². The van der Waals surface area contributed by atoms with Crippen molar-refractivity contribution >= 4 is 11.9 Å². The van der Waals surface area contributed by atoms with Crippen LogP contribution >= 0.6 is 0 Å². The van der Waals surface area contributed by atoms with Gasteiger partial charge in [-0.15, -0.1) is 0 Å². The fourth-order valence-electron chi connectivity index (χ4n) is 9.98. The second-order valence-corrected chi connectivity index (χ2v) is 14.8. The zero-order chi connectivity index (χ0) is 28.4. The fourth-order valence-corrected chi connectivity index (χ4v) is 9.98. The number of allylic oxidation sites excluding steroid dienone is 3. The number of esters is 1. The van der Waals surface area contributed by atoms with Crippen molar-refractivity contribution in [3.8, 4) is 0 Å². The third-order valence-corrected chi connectivity index (χ3v) is 12.4. The molecule has 0 spiro atoms. The summed E-state index contributed by atoms with van der Waals surface area (Å²) in [5.74, 6) is -1.05. The molecule has 4 aliphatic rings. The molecule has 0 radical (unpaired) electrons. The molecule has 5 heteroatoms. The normalized spacial score (nSPS) is 40.7. The Kier molecular flexibility index (Phi) is 7.56. The number of rotatable bonds is 7. The molecule has 0 aliphatic heterocycles. The summed E-state index contributed by atoms with van der Waals surface area (Å²) in [6.07, 6.45) is 6.98. The Hall–Kier alpha value is -1.62. The maximum atomic E-state index is 12.6. The lowest BCUT2D eigenvalue weighted by atomic mass is 9.43. The van der Waals surface area contributed by atoms with E-state index >= 15 is 0 Å². The monoisotopic (exact) mass is 528 g/mol. The minimum Gasteiger partial charge on any atom is -0.481 e. The number of aliphatic hydroxyl groups is 1. The zero-order valence-corrected chi connectivity index (χ0v) is 25.2. The van der Waals surface area contributed by atoms with Crippen LogP contribution in [0.5, 0.6) is 0 Å². The first-order chi connectivity index (χ1) is 17.5. The molecule has 2 N–H and O–H groups in total. The van der Waals surface area contributed by atoms with Crippen LogP contribution in [0.1, 0.15) is 113 Å². The highest BCUT2D eigenvalue weighted by molar-refractivity contribution is 5.71. The first-order valence-electron chi connectivity index (χ1n) is 15.0. The lowest BCUT2D eigenvalue weighted by Crippen LogP contribution is -2.56. The van der Waals surface area contributed by atoms with E-state index in [0.717, 1.165) is 44.1 Å². The number of fused-ring (bicyclic) bond motifs is 4. The van der Waals surface area contributed by atoms with E-state index in [9.17, 15) is 19.8 Å². The fraction of sp³-hybridized carbons (Fsp3) is 0.818. The van der Waals surface area contributed by atoms with E-state index in [0.29, 0.717) is 31.1 Å². The van der Waals surface area contributed by atoms with Gasteiger partial charge in [0.25, 0.3) is 0 Å². The van der Waals surface area contributed by atoms with Gasteiger partial charge in [-0.05, 0) is 85.9 Å². The SMILES string of the molecule is C=C(CC[C@H](C(=O)O)[C@@H]1[C@H](O)C[C@]2(C)C3=C(CC[C@]12C)[C@]1(C)CC[C@@H](OC(C)=O)C(C)(C)[C@@H]1CC3)C(C)C. The van der Waals surface area contributed by atoms with Crippen LogP contribution in [0, 0.1) is 45.3 Å². The van der Waals surface area contributed by atoms with Gasteiger partial charge in [0, 0.05) is 18.3 Å². The third-order valence-electron chi connectivity index (χ3n) is 12.4. The number of hydrogen-bond donors (Lipinski definition) is 2. The molecule has 0 aromatic rings. The van der Waals surface area contributed by atoms with E-state index < -0.39 is 18.0 Å². The second kappa shape index (κ2) is 9.78. The van der Waals surface area contributed by atoms with Gasteiger partial charge in [0.05, 0.1) is 12.0 Å². The van der Waals surface area contributed by atoms with E-state index in [1.54, 1.807) is 5.57 Å². The lowest BCUT2D eigenvalue weighted by molar-refractivity contribution is -0.167. The minimum atomic E-state index is -0.780. The average Bonchev–Trinajstić information content (AvgIpc) is 3.01. The number of hydrogen-bond acceptors (Lipinski definition) is 4. The molecule has 0 aromatic heterocycles. The van der Waals surface area contributed by atoms with Gasteiger partial charge in [-0.1, -0.05) is 71.8 Å². The van der Waals surface area contributed by atoms with Crippen LogP contribution in [0.2, 0.25) is 0 Å². The van der Waals surface area contributed by atoms with E-state index in [1.807, 2.05) is 0 Å². The molecule has 2 saturated carbocycles. The Bertz CT molecular complexity index is 1020. The van der Waals surface area contributed by atoms with Gasteiger partial charge >= 0.3 is 11.9 Å². The van der Waals surface area contributed by atoms with Crippen LogP contribution in [0.3, 0.4) is 0 Å². The summed E-state index contributed by atoms with van der Waals surface area (Å²) in [7, 11) is 0. The van der Waals surface area contributed by atoms with Crippen LogP contribution in [0.4, 0.5) is 0 Å². The van der Waals surface area contributed by atoms with Crippen molar-refractivity contribution in [3.05, 3.63) is 23.3 Å². The predicted molar refractivity (Wildman–Crippen MR) is 150 cm³/mol. The van der Waals surface area contributed by atoms with Crippen LogP contribution in [-0.2, 0) is 14.3 Å². The van der Waals surface area contributed by atoms with Gasteiger partial charge in [-0.25, -0.2) is 0 Å². The van der Waals surface area contributed by atoms with Gasteiger partial charge in [-0.3, -0.25) is 9.59 Å². The molecule has 4 rings (SSSR count). The van der Waals surface area contributed by atoms with Crippen molar-refractivity contribution in [2.45, 2.75) is 125 Å². The second-order valence-electron chi connectivity index (χ2n) is 14.8. The van der Waals surface area contributed by atoms with Crippen molar-refractivity contribution in [1.82, 2.24) is 0 Å². The Morgan fingerprint density at radius 2 is 1.71 bits per heavy atom. The predicted octanol–water partition coefficient (Wildman–Crippen LogP) is 7.33. The summed E-state index contributed by atoms with van der Waals surface area (Å²) in [4.78, 5) is 24.5. The first-order valence-corrected chi connectivity index (χ1v) is 15.0. The number of aliphatic hydroxyl groups excluding tert-OH is 1. The van der Waals surface area contributed by atoms with Crippen molar-refractivity contribution in [1.29, 1.82) is 0 Å². The molecule has 4 aliphatic carbocycles. The van der Waals surface area contributed by atoms with E-state index in [1.165, 1.54) is 12.5 Å². The quantitative estimate of drug-likeness (QED) is 0.267. The van der Waals surface area contributed by atoms with Gasteiger partial charge in [0.2, 0.25) is 0 Å². The van der Waals surface area contributed by atoms with Gasteiger partial charge in [0.1, 0.15) is 6.10 Å². The standard InChI is InChI=1S/C33H52O5/c1-19(2)20(3)10-11-22(29(36)37)28-25(35)18-33(9)24-12-13-26-30(5,6)27(38-21(4)34)15-16-31(26,7)23(24)14-17-32(28,33)8/h19,22,25-28,35H,3,10-18H2,1-2,4-9H3,(H,36,37)/t22-,25+,26-,27+,28+,31-,32+,33+/m0/s1. The molecule has 38 heavy (non-hydrogen) atoms. The molecule has 0 unspecified atom stereocenters. The van der Waals surface area contributed by atoms with E-state index in [4.69, 9.17) is 4.74 Å². The average molecular weight is 529 g/mol. The third kappa shape index (κ3) is 4.30. The lowest BCUT2D eigenvalue weighted by Gasteiger charge is -2.62. The maximum Gasteiger partial charge on any atom is 0.306 e. The van der Waals surface area contributed by atoms with Crippen LogP contribution in [0.15, 0.2) is 23.3 Å².